The van der Waals surface area contributed by atoms with Gasteiger partial charge in [0.2, 0.25) is 0 Å². The highest BCUT2D eigenvalue weighted by Gasteiger charge is 2.49. The highest BCUT2D eigenvalue weighted by atomic mass is 15.1. The number of rotatable bonds is 1. The highest BCUT2D eigenvalue weighted by Crippen LogP contribution is 2.49. The van der Waals surface area contributed by atoms with Crippen LogP contribution >= 0.6 is 0 Å². The Balaban J connectivity index is 1.88. The minimum Gasteiger partial charge on any atom is -0.380 e. The molecule has 2 N–H and O–H groups in total. The van der Waals surface area contributed by atoms with Crippen molar-refractivity contribution in [3.8, 4) is 0 Å². The Kier molecular flexibility index (Phi) is 1.40. The van der Waals surface area contributed by atoms with E-state index in [0.29, 0.717) is 5.92 Å². The van der Waals surface area contributed by atoms with Crippen LogP contribution in [0.1, 0.15) is 18.5 Å². The maximum absolute atomic E-state index is 4.35. The fourth-order valence-corrected chi connectivity index (χ4v) is 2.96. The lowest BCUT2D eigenvalue weighted by Crippen LogP contribution is -2.49. The van der Waals surface area contributed by atoms with Crippen molar-refractivity contribution in [1.82, 2.24) is 15.3 Å². The number of nitrogens with zero attached hydrogens (tertiary/aromatic N) is 1. The van der Waals surface area contributed by atoms with Crippen LogP contribution in [0.25, 0.3) is 11.0 Å². The Morgan fingerprint density at radius 3 is 3.19 bits per heavy atom. The molecule has 1 fully saturated rings. The van der Waals surface area contributed by atoms with Crippen molar-refractivity contribution >= 4 is 11.0 Å². The van der Waals surface area contributed by atoms with Crippen molar-refractivity contribution in [1.29, 1.82) is 0 Å². The maximum Gasteiger partial charge on any atom is 0.137 e. The first-order chi connectivity index (χ1) is 7.88. The number of pyridine rings is 1. The average Bonchev–Trinajstić information content (AvgIpc) is 2.81. The quantitative estimate of drug-likeness (QED) is 0.759. The zero-order valence-corrected chi connectivity index (χ0v) is 8.90. The summed E-state index contributed by atoms with van der Waals surface area (Å²) in [6.45, 7) is 0. The minimum atomic E-state index is 0.140. The second kappa shape index (κ2) is 2.67. The fraction of sp³-hybridized carbons (Fsp3) is 0.308. The molecule has 2 aromatic heterocycles. The van der Waals surface area contributed by atoms with Gasteiger partial charge in [0.25, 0.3) is 0 Å². The Morgan fingerprint density at radius 2 is 2.44 bits per heavy atom. The summed E-state index contributed by atoms with van der Waals surface area (Å²) in [6, 6.07) is 6.32. The lowest BCUT2D eigenvalue weighted by Gasteiger charge is -2.44. The molecule has 0 saturated heterocycles. The van der Waals surface area contributed by atoms with E-state index in [9.17, 15) is 0 Å². The first-order valence-corrected chi connectivity index (χ1v) is 5.77. The topological polar surface area (TPSA) is 40.7 Å². The zero-order valence-electron chi connectivity index (χ0n) is 8.90. The van der Waals surface area contributed by atoms with Crippen molar-refractivity contribution in [2.24, 2.45) is 5.92 Å². The summed E-state index contributed by atoms with van der Waals surface area (Å²) in [6.07, 6.45) is 8.70. The van der Waals surface area contributed by atoms with E-state index in [0.717, 1.165) is 5.65 Å². The number of fused-ring (bicyclic) bond motifs is 2. The molecule has 2 aromatic rings. The van der Waals surface area contributed by atoms with Gasteiger partial charge in [-0.1, -0.05) is 6.08 Å². The first-order valence-electron chi connectivity index (χ1n) is 5.77. The molecular formula is C13H13N3. The van der Waals surface area contributed by atoms with E-state index in [2.05, 4.69) is 39.7 Å². The van der Waals surface area contributed by atoms with Crippen LogP contribution in [0.3, 0.4) is 0 Å². The third kappa shape index (κ3) is 0.865. The third-order valence-electron chi connectivity index (χ3n) is 4.02. The number of hydrogen-bond acceptors (Lipinski definition) is 2. The lowest BCUT2D eigenvalue weighted by molar-refractivity contribution is 0.152. The van der Waals surface area contributed by atoms with Gasteiger partial charge in [-0.2, -0.15) is 0 Å². The summed E-state index contributed by atoms with van der Waals surface area (Å²) in [7, 11) is 0. The van der Waals surface area contributed by atoms with Crippen LogP contribution in [0, 0.1) is 5.92 Å². The summed E-state index contributed by atoms with van der Waals surface area (Å²) < 4.78 is 0. The van der Waals surface area contributed by atoms with E-state index in [1.165, 1.54) is 23.9 Å². The molecule has 1 aliphatic heterocycles. The van der Waals surface area contributed by atoms with Crippen molar-refractivity contribution in [3.05, 3.63) is 42.4 Å². The number of hydrogen-bond donors (Lipinski definition) is 2. The summed E-state index contributed by atoms with van der Waals surface area (Å²) >= 11 is 0. The molecule has 1 saturated carbocycles. The van der Waals surface area contributed by atoms with Gasteiger partial charge in [0.05, 0.1) is 5.54 Å². The number of H-pyrrole nitrogens is 1. The van der Waals surface area contributed by atoms with E-state index >= 15 is 0 Å². The van der Waals surface area contributed by atoms with E-state index in [1.807, 2.05) is 12.3 Å². The molecule has 2 aliphatic rings. The monoisotopic (exact) mass is 211 g/mol. The van der Waals surface area contributed by atoms with E-state index < -0.39 is 0 Å². The number of aromatic amines is 1. The molecular weight excluding hydrogens is 198 g/mol. The highest BCUT2D eigenvalue weighted by molar-refractivity contribution is 5.76. The molecule has 3 heterocycles. The molecule has 0 bridgehead atoms. The second-order valence-electron chi connectivity index (χ2n) is 4.74. The van der Waals surface area contributed by atoms with Crippen LogP contribution in [0.2, 0.25) is 0 Å². The smallest absolute Gasteiger partial charge is 0.137 e. The molecule has 3 heteroatoms. The lowest BCUT2D eigenvalue weighted by atomic mass is 9.66. The van der Waals surface area contributed by atoms with E-state index in [-0.39, 0.29) is 5.54 Å². The van der Waals surface area contributed by atoms with E-state index in [1.54, 1.807) is 0 Å². The van der Waals surface area contributed by atoms with Gasteiger partial charge in [0, 0.05) is 23.2 Å². The van der Waals surface area contributed by atoms with Gasteiger partial charge in [-0.25, -0.2) is 4.98 Å². The SMILES string of the molecule is C1=CC2CCC2(c2cc3cccnc3[nH]2)N1. The zero-order chi connectivity index (χ0) is 10.6. The molecule has 4 rings (SSSR count). The summed E-state index contributed by atoms with van der Waals surface area (Å²) in [5.74, 6) is 0.653. The maximum atomic E-state index is 4.35. The summed E-state index contributed by atoms with van der Waals surface area (Å²) in [4.78, 5) is 7.80. The molecule has 16 heavy (non-hydrogen) atoms. The predicted molar refractivity (Wildman–Crippen MR) is 62.8 cm³/mol. The van der Waals surface area contributed by atoms with Crippen molar-refractivity contribution < 1.29 is 0 Å². The molecule has 0 spiro atoms. The largest absolute Gasteiger partial charge is 0.380 e. The first kappa shape index (κ1) is 8.39. The standard InChI is InChI=1S/C13H13N3/c1-2-9-8-11(16-12(9)14-6-1)13-5-3-10(13)4-7-15-13/h1-2,4,6-8,10,15H,3,5H2,(H,14,16). The van der Waals surface area contributed by atoms with Gasteiger partial charge >= 0.3 is 0 Å². The normalized spacial score (nSPS) is 31.1. The molecule has 0 aromatic carbocycles. The van der Waals surface area contributed by atoms with Crippen LogP contribution in [-0.4, -0.2) is 9.97 Å². The Bertz CT molecular complexity index is 551. The molecule has 1 aliphatic carbocycles. The summed E-state index contributed by atoms with van der Waals surface area (Å²) in [5, 5.41) is 4.71. The average molecular weight is 211 g/mol. The van der Waals surface area contributed by atoms with Gasteiger partial charge in [0.1, 0.15) is 5.65 Å². The van der Waals surface area contributed by atoms with Gasteiger partial charge in [-0.05, 0) is 37.2 Å². The fourth-order valence-electron chi connectivity index (χ4n) is 2.96. The van der Waals surface area contributed by atoms with Gasteiger partial charge < -0.3 is 10.3 Å². The Hall–Kier alpha value is -1.77. The predicted octanol–water partition coefficient (Wildman–Crippen LogP) is 2.29. The molecule has 80 valence electrons. The van der Waals surface area contributed by atoms with Gasteiger partial charge in [0.15, 0.2) is 0 Å². The molecule has 3 nitrogen and oxygen atoms in total. The molecule has 2 atom stereocenters. The van der Waals surface area contributed by atoms with E-state index in [4.69, 9.17) is 0 Å². The van der Waals surface area contributed by atoms with Gasteiger partial charge in [-0.3, -0.25) is 0 Å². The van der Waals surface area contributed by atoms with Crippen LogP contribution in [0.15, 0.2) is 36.7 Å². The van der Waals surface area contributed by atoms with Crippen LogP contribution in [0.4, 0.5) is 0 Å². The Labute approximate surface area is 93.6 Å². The van der Waals surface area contributed by atoms with Crippen LogP contribution < -0.4 is 5.32 Å². The number of aromatic nitrogens is 2. The van der Waals surface area contributed by atoms with Crippen molar-refractivity contribution in [2.45, 2.75) is 18.4 Å². The molecule has 0 amide bonds. The third-order valence-corrected chi connectivity index (χ3v) is 4.02. The van der Waals surface area contributed by atoms with Crippen LogP contribution in [-0.2, 0) is 5.54 Å². The second-order valence-corrected chi connectivity index (χ2v) is 4.74. The van der Waals surface area contributed by atoms with Crippen LogP contribution in [0.5, 0.6) is 0 Å². The minimum absolute atomic E-state index is 0.140. The van der Waals surface area contributed by atoms with Crippen molar-refractivity contribution in [2.75, 3.05) is 0 Å². The summed E-state index contributed by atoms with van der Waals surface area (Å²) in [5.41, 5.74) is 2.41. The molecule has 0 radical (unpaired) electrons. The van der Waals surface area contributed by atoms with Gasteiger partial charge in [-0.15, -0.1) is 0 Å². The Morgan fingerprint density at radius 1 is 1.44 bits per heavy atom. The number of nitrogens with one attached hydrogen (secondary N) is 2. The van der Waals surface area contributed by atoms with Crippen molar-refractivity contribution in [3.63, 3.8) is 0 Å². The molecule has 2 unspecified atom stereocenters.